The van der Waals surface area contributed by atoms with Crippen LogP contribution in [0.25, 0.3) is 0 Å². The first-order valence-electron chi connectivity index (χ1n) is 19.1. The van der Waals surface area contributed by atoms with E-state index >= 15 is 0 Å². The van der Waals surface area contributed by atoms with Gasteiger partial charge in [0, 0.05) is 25.5 Å². The van der Waals surface area contributed by atoms with Gasteiger partial charge in [-0.3, -0.25) is 24.5 Å². The van der Waals surface area contributed by atoms with E-state index in [4.69, 9.17) is 4.74 Å². The van der Waals surface area contributed by atoms with Crippen LogP contribution in [0.5, 0.6) is 0 Å². The number of hydrogen-bond donors (Lipinski definition) is 6. The molecule has 1 radical (unpaired) electrons. The predicted octanol–water partition coefficient (Wildman–Crippen LogP) is 4.75. The number of ether oxygens (including phenoxy) is 1. The van der Waals surface area contributed by atoms with E-state index in [0.717, 1.165) is 24.8 Å². The van der Waals surface area contributed by atoms with Crippen molar-refractivity contribution < 1.29 is 33.8 Å². The van der Waals surface area contributed by atoms with Crippen molar-refractivity contribution in [1.82, 2.24) is 31.2 Å². The molecule has 13 nitrogen and oxygen atoms in total. The Morgan fingerprint density at radius 3 is 2.02 bits per heavy atom. The Balaban J connectivity index is 1.64. The number of nitrogens with one attached hydrogen (secondary N) is 5. The van der Waals surface area contributed by atoms with Crippen molar-refractivity contribution in [2.75, 3.05) is 0 Å². The number of rotatable bonds is 21. The predicted molar refractivity (Wildman–Crippen MR) is 210 cm³/mol. The summed E-state index contributed by atoms with van der Waals surface area (Å²) in [7, 11) is 0. The molecule has 2 aromatic carbocycles. The number of nitrogens with zero attached hydrogens (tertiary/aromatic N) is 1. The zero-order chi connectivity index (χ0) is 40.4. The van der Waals surface area contributed by atoms with Gasteiger partial charge in [0.2, 0.25) is 23.6 Å². The van der Waals surface area contributed by atoms with Crippen LogP contribution >= 0.6 is 0 Å². The second-order valence-corrected chi connectivity index (χ2v) is 15.5. The zero-order valence-electron chi connectivity index (χ0n) is 33.0. The minimum Gasteiger partial charge on any atom is -0.444 e. The van der Waals surface area contributed by atoms with Gasteiger partial charge in [0.15, 0.2) is 0 Å². The smallest absolute Gasteiger partial charge is 0.408 e. The molecule has 0 saturated carbocycles. The number of amides is 5. The Bertz CT molecular complexity index is 1630. The third-order valence-electron chi connectivity index (χ3n) is 8.67. The van der Waals surface area contributed by atoms with E-state index in [1.54, 1.807) is 27.0 Å². The number of aromatic amines is 1. The van der Waals surface area contributed by atoms with Crippen molar-refractivity contribution in [2.24, 2.45) is 11.8 Å². The maximum atomic E-state index is 13.9. The molecular weight excluding hydrogens is 700 g/mol. The molecule has 5 amide bonds. The molecule has 5 atom stereocenters. The van der Waals surface area contributed by atoms with Crippen molar-refractivity contribution in [2.45, 2.75) is 123 Å². The number of aryl methyl sites for hydroxylation is 1. The topological polar surface area (TPSA) is 192 Å². The molecule has 3 aromatic rings. The zero-order valence-corrected chi connectivity index (χ0v) is 33.0. The summed E-state index contributed by atoms with van der Waals surface area (Å²) in [6.07, 6.45) is 5.85. The summed E-state index contributed by atoms with van der Waals surface area (Å²) in [6.45, 7) is 10.9. The number of H-pyrrole nitrogens is 1. The van der Waals surface area contributed by atoms with Gasteiger partial charge in [0.1, 0.15) is 17.7 Å². The van der Waals surface area contributed by atoms with E-state index in [1.807, 2.05) is 69.3 Å². The summed E-state index contributed by atoms with van der Waals surface area (Å²) in [6, 6.07) is 16.1. The van der Waals surface area contributed by atoms with Gasteiger partial charge in [0.25, 0.3) is 0 Å². The second-order valence-electron chi connectivity index (χ2n) is 15.5. The largest absolute Gasteiger partial charge is 0.444 e. The van der Waals surface area contributed by atoms with Crippen LogP contribution in [0.4, 0.5) is 4.79 Å². The molecule has 0 unspecified atom stereocenters. The fourth-order valence-electron chi connectivity index (χ4n) is 6.02. The summed E-state index contributed by atoms with van der Waals surface area (Å²) in [4.78, 5) is 73.2. The van der Waals surface area contributed by atoms with Crippen LogP contribution in [0, 0.1) is 18.3 Å². The summed E-state index contributed by atoms with van der Waals surface area (Å²) in [5.74, 6) is -2.39. The van der Waals surface area contributed by atoms with Gasteiger partial charge < -0.3 is 30.8 Å². The lowest BCUT2D eigenvalue weighted by Crippen LogP contribution is -2.57. The molecule has 0 saturated heterocycles. The van der Waals surface area contributed by atoms with Gasteiger partial charge in [-0.2, -0.15) is 0 Å². The van der Waals surface area contributed by atoms with E-state index in [1.165, 1.54) is 11.9 Å². The van der Waals surface area contributed by atoms with Crippen molar-refractivity contribution in [1.29, 1.82) is 0 Å². The van der Waals surface area contributed by atoms with Crippen LogP contribution in [-0.4, -0.2) is 74.6 Å². The second kappa shape index (κ2) is 22.4. The van der Waals surface area contributed by atoms with Crippen molar-refractivity contribution in [3.05, 3.63) is 96.4 Å². The highest BCUT2D eigenvalue weighted by molar-refractivity contribution is 5.95. The summed E-state index contributed by atoms with van der Waals surface area (Å²) in [5, 5.41) is 21.8. The first-order chi connectivity index (χ1) is 26.1. The lowest BCUT2D eigenvalue weighted by Gasteiger charge is -2.29. The maximum absolute atomic E-state index is 13.9. The summed E-state index contributed by atoms with van der Waals surface area (Å²) >= 11 is 0. The molecule has 0 bridgehead atoms. The first-order valence-corrected chi connectivity index (χ1v) is 19.1. The summed E-state index contributed by atoms with van der Waals surface area (Å²) < 4.78 is 5.41. The minimum atomic E-state index is -1.33. The van der Waals surface area contributed by atoms with E-state index in [2.05, 4.69) is 49.8 Å². The molecule has 13 heteroatoms. The van der Waals surface area contributed by atoms with E-state index in [-0.39, 0.29) is 31.1 Å². The van der Waals surface area contributed by atoms with Gasteiger partial charge in [-0.1, -0.05) is 81.4 Å². The number of aliphatic hydroxyl groups is 1. The number of imide groups is 1. The molecule has 0 aliphatic carbocycles. The molecule has 1 aromatic heterocycles. The van der Waals surface area contributed by atoms with Gasteiger partial charge >= 0.3 is 6.09 Å². The standard InChI is InChI=1S/C42H59N6O7/c1-28(2)21-33(36(49)25-38(51)48-37(50)22-29(3)15-13-14-18-30-16-9-7-10-17-30)45-40(53)35(24-32-26-43-27-44-32)46-39(52)34(23-31-19-11-8-12-20-31)47-41(54)55-42(4,5)6/h7-12,15-17,19-20,26-29,33-36,49H,13-14,18,21-25H2,1-6H3,(H,43,44)(H,45,53)(H,46,52)(H,47,54)(H,48,50,51)/t29-,33-,34-,35-,36-/m0/s1. The van der Waals surface area contributed by atoms with Crippen LogP contribution in [0.15, 0.2) is 73.2 Å². The Labute approximate surface area is 325 Å². The third-order valence-corrected chi connectivity index (χ3v) is 8.67. The number of alkyl carbamates (subject to hydrolysis) is 1. The maximum Gasteiger partial charge on any atom is 0.408 e. The number of imidazole rings is 1. The average molecular weight is 760 g/mol. The van der Waals surface area contributed by atoms with Crippen LogP contribution in [0.2, 0.25) is 0 Å². The van der Waals surface area contributed by atoms with Crippen LogP contribution in [0.3, 0.4) is 0 Å². The number of benzene rings is 2. The van der Waals surface area contributed by atoms with E-state index in [0.29, 0.717) is 12.1 Å². The monoisotopic (exact) mass is 759 g/mol. The van der Waals surface area contributed by atoms with E-state index in [9.17, 15) is 29.1 Å². The molecule has 6 N–H and O–H groups in total. The van der Waals surface area contributed by atoms with Crippen molar-refractivity contribution >= 4 is 29.7 Å². The van der Waals surface area contributed by atoms with Crippen LogP contribution in [-0.2, 0) is 43.2 Å². The lowest BCUT2D eigenvalue weighted by atomic mass is 9.96. The number of carbonyl (C=O) groups is 5. The first kappa shape index (κ1) is 44.4. The van der Waals surface area contributed by atoms with Gasteiger partial charge in [0.05, 0.1) is 30.6 Å². The minimum absolute atomic E-state index is 0.00743. The molecule has 55 heavy (non-hydrogen) atoms. The molecular formula is C42H59N6O7. The van der Waals surface area contributed by atoms with Crippen LogP contribution < -0.4 is 21.3 Å². The third kappa shape index (κ3) is 17.8. The quantitative estimate of drug-likeness (QED) is 0.0839. The number of aliphatic hydroxyl groups excluding tert-OH is 1. The number of unbranched alkanes of at least 4 members (excludes halogenated alkanes) is 1. The number of carbonyl (C=O) groups excluding carboxylic acids is 5. The van der Waals surface area contributed by atoms with Gasteiger partial charge in [-0.05, 0) is 75.8 Å². The molecule has 299 valence electrons. The lowest BCUT2D eigenvalue weighted by molar-refractivity contribution is -0.133. The van der Waals surface area contributed by atoms with E-state index < -0.39 is 66.0 Å². The Kier molecular flexibility index (Phi) is 18.0. The highest BCUT2D eigenvalue weighted by atomic mass is 16.6. The molecule has 3 rings (SSSR count). The summed E-state index contributed by atoms with van der Waals surface area (Å²) in [5.41, 5.74) is 1.71. The molecule has 0 fully saturated rings. The number of aromatic nitrogens is 2. The van der Waals surface area contributed by atoms with Crippen molar-refractivity contribution in [3.8, 4) is 0 Å². The fraction of sp³-hybridized carbons (Fsp3) is 0.500. The SMILES string of the molecule is CC(C)C[C@H](NC(=O)[C@H](Cc1c[nH]cn1)NC(=O)[C@H](Cc1ccccc1)NC(=O)OC(C)(C)C)[C@@H](O)CC(=O)NC(=O)C[C@@H](C)[CH]CCCc1ccccc1. The Morgan fingerprint density at radius 2 is 1.42 bits per heavy atom. The normalized spacial score (nSPS) is 14.2. The fourth-order valence-corrected chi connectivity index (χ4v) is 6.02. The Hall–Kier alpha value is -5.04. The Morgan fingerprint density at radius 1 is 0.818 bits per heavy atom. The van der Waals surface area contributed by atoms with Crippen molar-refractivity contribution in [3.63, 3.8) is 0 Å². The highest BCUT2D eigenvalue weighted by Crippen LogP contribution is 2.16. The average Bonchev–Trinajstić information content (AvgIpc) is 3.62. The molecule has 0 aliphatic rings. The highest BCUT2D eigenvalue weighted by Gasteiger charge is 2.32. The van der Waals surface area contributed by atoms with Crippen LogP contribution in [0.1, 0.15) is 90.5 Å². The number of hydrogen-bond acceptors (Lipinski definition) is 8. The van der Waals surface area contributed by atoms with Gasteiger partial charge in [-0.25, -0.2) is 9.78 Å². The molecule has 1 heterocycles. The van der Waals surface area contributed by atoms with Gasteiger partial charge in [-0.15, -0.1) is 0 Å². The molecule has 0 aliphatic heterocycles. The molecule has 0 spiro atoms.